The van der Waals surface area contributed by atoms with Crippen molar-refractivity contribution in [3.05, 3.63) is 60.7 Å². The maximum absolute atomic E-state index is 8.91. The summed E-state index contributed by atoms with van der Waals surface area (Å²) in [5.41, 5.74) is 4.20. The number of nitrogens with one attached hydrogen (secondary N) is 1. The molecule has 5 heteroatoms. The average Bonchev–Trinajstić information content (AvgIpc) is 2.49. The van der Waals surface area contributed by atoms with Gasteiger partial charge in [-0.1, -0.05) is 36.4 Å². The number of anilines is 1. The van der Waals surface area contributed by atoms with Gasteiger partial charge in [-0.05, 0) is 24.3 Å². The first-order valence-electron chi connectivity index (χ1n) is 5.64. The maximum atomic E-state index is 8.91. The number of rotatable bonds is 3. The van der Waals surface area contributed by atoms with Crippen molar-refractivity contribution in [2.45, 2.75) is 0 Å². The van der Waals surface area contributed by atoms with Crippen molar-refractivity contribution in [3.8, 4) is 6.07 Å². The van der Waals surface area contributed by atoms with Crippen LogP contribution in [0.5, 0.6) is 0 Å². The quantitative estimate of drug-likeness (QED) is 0.389. The summed E-state index contributed by atoms with van der Waals surface area (Å²) in [5.74, 6) is -0.0345. The molecule has 92 valence electrons. The fourth-order valence-corrected chi connectivity index (χ4v) is 1.30. The van der Waals surface area contributed by atoms with Gasteiger partial charge in [-0.2, -0.15) is 5.26 Å². The molecule has 0 fully saturated rings. The molecule has 0 amide bonds. The summed E-state index contributed by atoms with van der Waals surface area (Å²) in [6.45, 7) is 0. The molecule has 0 aliphatic rings. The molecule has 0 saturated carbocycles. The van der Waals surface area contributed by atoms with E-state index in [1.165, 1.54) is 0 Å². The van der Waals surface area contributed by atoms with Crippen LogP contribution >= 0.6 is 0 Å². The van der Waals surface area contributed by atoms with Gasteiger partial charge in [-0.25, -0.2) is 0 Å². The summed E-state index contributed by atoms with van der Waals surface area (Å²) >= 11 is 0. The van der Waals surface area contributed by atoms with Crippen LogP contribution < -0.4 is 5.43 Å². The smallest absolute Gasteiger partial charge is 0.270 e. The molecule has 0 saturated heterocycles. The van der Waals surface area contributed by atoms with E-state index in [2.05, 4.69) is 20.8 Å². The minimum Gasteiger partial charge on any atom is -0.276 e. The molecule has 0 aromatic heterocycles. The van der Waals surface area contributed by atoms with Gasteiger partial charge >= 0.3 is 0 Å². The Kier molecular flexibility index (Phi) is 4.37. The van der Waals surface area contributed by atoms with Crippen molar-refractivity contribution >= 4 is 17.2 Å². The summed E-state index contributed by atoms with van der Waals surface area (Å²) in [6.07, 6.45) is 0. The Labute approximate surface area is 110 Å². The van der Waals surface area contributed by atoms with Gasteiger partial charge in [0.2, 0.25) is 0 Å². The molecule has 2 rings (SSSR count). The zero-order chi connectivity index (χ0) is 13.3. The molecule has 0 bridgehead atoms. The number of amidine groups is 1. The third-order valence-electron chi connectivity index (χ3n) is 2.18. The third kappa shape index (κ3) is 4.06. The molecule has 1 N–H and O–H groups in total. The molecule has 5 nitrogen and oxygen atoms in total. The van der Waals surface area contributed by atoms with Gasteiger partial charge in [0.1, 0.15) is 6.07 Å². The number of azo groups is 1. The first kappa shape index (κ1) is 12.5. The number of hydrazone groups is 1. The van der Waals surface area contributed by atoms with Crippen LogP contribution in [0, 0.1) is 11.3 Å². The van der Waals surface area contributed by atoms with E-state index in [1.807, 2.05) is 54.6 Å². The van der Waals surface area contributed by atoms with Gasteiger partial charge in [0.25, 0.3) is 5.84 Å². The van der Waals surface area contributed by atoms with Crippen LogP contribution in [0.3, 0.4) is 0 Å². The van der Waals surface area contributed by atoms with Crippen molar-refractivity contribution in [1.82, 2.24) is 0 Å². The monoisotopic (exact) mass is 249 g/mol. The van der Waals surface area contributed by atoms with Gasteiger partial charge in [-0.15, -0.1) is 15.3 Å². The second-order valence-electron chi connectivity index (χ2n) is 3.56. The zero-order valence-corrected chi connectivity index (χ0v) is 10.1. The van der Waals surface area contributed by atoms with E-state index < -0.39 is 0 Å². The summed E-state index contributed by atoms with van der Waals surface area (Å²) in [5, 5.41) is 20.5. The van der Waals surface area contributed by atoms with E-state index in [0.29, 0.717) is 5.69 Å². The topological polar surface area (TPSA) is 72.9 Å². The predicted molar refractivity (Wildman–Crippen MR) is 74.1 cm³/mol. The minimum atomic E-state index is -0.0345. The normalized spacial score (nSPS) is 11.2. The molecule has 0 aliphatic heterocycles. The Balaban J connectivity index is 2.05. The van der Waals surface area contributed by atoms with Crippen molar-refractivity contribution < 1.29 is 0 Å². The number of nitrogens with zero attached hydrogens (tertiary/aromatic N) is 4. The maximum Gasteiger partial charge on any atom is 0.270 e. The Morgan fingerprint density at radius 3 is 2.21 bits per heavy atom. The summed E-state index contributed by atoms with van der Waals surface area (Å²) < 4.78 is 0. The van der Waals surface area contributed by atoms with E-state index in [4.69, 9.17) is 5.26 Å². The molecule has 0 aliphatic carbocycles. The molecular formula is C14H11N5. The number of nitriles is 1. The molecular weight excluding hydrogens is 238 g/mol. The molecule has 2 aromatic carbocycles. The molecule has 0 atom stereocenters. The molecule has 2 aromatic rings. The van der Waals surface area contributed by atoms with E-state index in [0.717, 1.165) is 5.69 Å². The van der Waals surface area contributed by atoms with Crippen LogP contribution in [0.1, 0.15) is 0 Å². The number of hydrogen-bond donors (Lipinski definition) is 1. The third-order valence-corrected chi connectivity index (χ3v) is 2.18. The van der Waals surface area contributed by atoms with Crippen LogP contribution in [-0.4, -0.2) is 5.84 Å². The molecule has 19 heavy (non-hydrogen) atoms. The zero-order valence-electron chi connectivity index (χ0n) is 10.1. The largest absolute Gasteiger partial charge is 0.276 e. The Bertz CT molecular complexity index is 611. The van der Waals surface area contributed by atoms with Gasteiger partial charge in [0.05, 0.1) is 11.4 Å². The molecule has 0 heterocycles. The highest BCUT2D eigenvalue weighted by molar-refractivity contribution is 5.97. The fraction of sp³-hybridized carbons (Fsp3) is 0. The first-order valence-corrected chi connectivity index (χ1v) is 5.64. The molecule has 0 spiro atoms. The van der Waals surface area contributed by atoms with E-state index >= 15 is 0 Å². The Morgan fingerprint density at radius 1 is 0.947 bits per heavy atom. The number of hydrogen-bond acceptors (Lipinski definition) is 4. The minimum absolute atomic E-state index is 0.0345. The lowest BCUT2D eigenvalue weighted by molar-refractivity contribution is 1.23. The lowest BCUT2D eigenvalue weighted by Crippen LogP contribution is -1.95. The van der Waals surface area contributed by atoms with Crippen LogP contribution in [-0.2, 0) is 0 Å². The summed E-state index contributed by atoms with van der Waals surface area (Å²) in [4.78, 5) is 0. The van der Waals surface area contributed by atoms with Crippen molar-refractivity contribution in [3.63, 3.8) is 0 Å². The van der Waals surface area contributed by atoms with Crippen molar-refractivity contribution in [2.24, 2.45) is 15.3 Å². The highest BCUT2D eigenvalue weighted by Crippen LogP contribution is 2.10. The Morgan fingerprint density at radius 2 is 1.58 bits per heavy atom. The van der Waals surface area contributed by atoms with E-state index in [-0.39, 0.29) is 5.84 Å². The SMILES string of the molecule is N#C/C(N=Nc1ccccc1)=N/Nc1ccccc1. The van der Waals surface area contributed by atoms with Gasteiger partial charge in [-0.3, -0.25) is 5.43 Å². The Hall–Kier alpha value is -3.00. The highest BCUT2D eigenvalue weighted by atomic mass is 15.3. The van der Waals surface area contributed by atoms with E-state index in [9.17, 15) is 0 Å². The number of benzene rings is 2. The van der Waals surface area contributed by atoms with Crippen LogP contribution in [0.2, 0.25) is 0 Å². The summed E-state index contributed by atoms with van der Waals surface area (Å²) in [6, 6.07) is 20.4. The second-order valence-corrected chi connectivity index (χ2v) is 3.56. The molecule has 0 radical (unpaired) electrons. The lowest BCUT2D eigenvalue weighted by Gasteiger charge is -1.97. The van der Waals surface area contributed by atoms with Gasteiger partial charge < -0.3 is 0 Å². The predicted octanol–water partition coefficient (Wildman–Crippen LogP) is 3.72. The lowest BCUT2D eigenvalue weighted by atomic mass is 10.3. The second kappa shape index (κ2) is 6.67. The standard InChI is InChI=1S/C14H11N5/c15-11-14(18-16-12-7-3-1-4-8-12)19-17-13-9-5-2-6-10-13/h1-10,16H/b18-14-,19-17?. The number of para-hydroxylation sites is 1. The van der Waals surface area contributed by atoms with Crippen LogP contribution in [0.4, 0.5) is 11.4 Å². The van der Waals surface area contributed by atoms with Crippen LogP contribution in [0.25, 0.3) is 0 Å². The van der Waals surface area contributed by atoms with Crippen LogP contribution in [0.15, 0.2) is 76.0 Å². The molecule has 0 unspecified atom stereocenters. The van der Waals surface area contributed by atoms with Crippen molar-refractivity contribution in [2.75, 3.05) is 5.43 Å². The highest BCUT2D eigenvalue weighted by Gasteiger charge is 1.94. The van der Waals surface area contributed by atoms with E-state index in [1.54, 1.807) is 12.1 Å². The van der Waals surface area contributed by atoms with Crippen molar-refractivity contribution in [1.29, 1.82) is 5.26 Å². The fourth-order valence-electron chi connectivity index (χ4n) is 1.30. The first-order chi connectivity index (χ1) is 9.38. The van der Waals surface area contributed by atoms with Gasteiger partial charge in [0, 0.05) is 0 Å². The van der Waals surface area contributed by atoms with Gasteiger partial charge in [0.15, 0.2) is 0 Å². The average molecular weight is 249 g/mol. The summed E-state index contributed by atoms with van der Waals surface area (Å²) in [7, 11) is 0.